The molecule has 3 aromatic rings. The SMILES string of the molecule is COc1ccc(C(=O)Nc2ccc(N3CCN(c4ccc(C(C)=O)cc4)CC3)cc2C(=O)O)cc1. The number of anilines is 3. The molecule has 0 unspecified atom stereocenters. The average molecular weight is 474 g/mol. The largest absolute Gasteiger partial charge is 0.497 e. The Hall–Kier alpha value is -4.33. The van der Waals surface area contributed by atoms with E-state index in [4.69, 9.17) is 4.74 Å². The third-order valence-corrected chi connectivity index (χ3v) is 6.12. The summed E-state index contributed by atoms with van der Waals surface area (Å²) in [7, 11) is 1.54. The number of nitrogens with zero attached hydrogens (tertiary/aromatic N) is 2. The molecule has 3 aromatic carbocycles. The maximum Gasteiger partial charge on any atom is 0.337 e. The molecule has 1 fully saturated rings. The average Bonchev–Trinajstić information content (AvgIpc) is 2.89. The van der Waals surface area contributed by atoms with E-state index >= 15 is 0 Å². The maximum absolute atomic E-state index is 12.6. The van der Waals surface area contributed by atoms with Crippen molar-refractivity contribution in [3.8, 4) is 5.75 Å². The molecule has 1 amide bonds. The van der Waals surface area contributed by atoms with Crippen LogP contribution in [0.3, 0.4) is 0 Å². The maximum atomic E-state index is 12.6. The number of rotatable bonds is 7. The van der Waals surface area contributed by atoms with Crippen LogP contribution in [0.4, 0.5) is 17.1 Å². The number of carboxylic acid groups (broad SMARTS) is 1. The molecule has 8 heteroatoms. The number of hydrogen-bond acceptors (Lipinski definition) is 6. The van der Waals surface area contributed by atoms with Crippen molar-refractivity contribution in [1.82, 2.24) is 0 Å². The molecular weight excluding hydrogens is 446 g/mol. The molecule has 0 aromatic heterocycles. The Morgan fingerprint density at radius 3 is 1.89 bits per heavy atom. The summed E-state index contributed by atoms with van der Waals surface area (Å²) in [4.78, 5) is 40.4. The number of Topliss-reactive ketones (excluding diaryl/α,β-unsaturated/α-hetero) is 1. The van der Waals surface area contributed by atoms with Crippen LogP contribution in [0.5, 0.6) is 5.75 Å². The van der Waals surface area contributed by atoms with Gasteiger partial charge in [0.15, 0.2) is 5.78 Å². The monoisotopic (exact) mass is 473 g/mol. The molecule has 0 saturated carbocycles. The van der Waals surface area contributed by atoms with Crippen molar-refractivity contribution in [2.75, 3.05) is 48.4 Å². The van der Waals surface area contributed by atoms with E-state index in [0.717, 1.165) is 24.5 Å². The van der Waals surface area contributed by atoms with Gasteiger partial charge in [-0.2, -0.15) is 0 Å². The fraction of sp³-hybridized carbons (Fsp3) is 0.222. The minimum atomic E-state index is -1.11. The number of amides is 1. The first-order valence-corrected chi connectivity index (χ1v) is 11.3. The first kappa shape index (κ1) is 23.8. The molecule has 8 nitrogen and oxygen atoms in total. The third-order valence-electron chi connectivity index (χ3n) is 6.12. The zero-order chi connectivity index (χ0) is 24.9. The molecule has 4 rings (SSSR count). The number of ketones is 1. The second kappa shape index (κ2) is 10.3. The molecular formula is C27H27N3O5. The van der Waals surface area contributed by atoms with E-state index in [9.17, 15) is 19.5 Å². The van der Waals surface area contributed by atoms with Crippen LogP contribution in [-0.4, -0.2) is 56.1 Å². The van der Waals surface area contributed by atoms with Gasteiger partial charge in [-0.15, -0.1) is 0 Å². The number of carboxylic acids is 1. The number of ether oxygens (including phenoxy) is 1. The number of methoxy groups -OCH3 is 1. The van der Waals surface area contributed by atoms with E-state index in [0.29, 0.717) is 30.0 Å². The van der Waals surface area contributed by atoms with Crippen LogP contribution < -0.4 is 19.9 Å². The van der Waals surface area contributed by atoms with Crippen LogP contribution in [-0.2, 0) is 0 Å². The van der Waals surface area contributed by atoms with Gasteiger partial charge in [0.05, 0.1) is 18.4 Å². The Labute approximate surface area is 203 Å². The van der Waals surface area contributed by atoms with Gasteiger partial charge >= 0.3 is 5.97 Å². The van der Waals surface area contributed by atoms with Crippen LogP contribution in [0.2, 0.25) is 0 Å². The molecule has 0 aliphatic carbocycles. The highest BCUT2D eigenvalue weighted by atomic mass is 16.5. The summed E-state index contributed by atoms with van der Waals surface area (Å²) in [5.41, 5.74) is 3.21. The highest BCUT2D eigenvalue weighted by molar-refractivity contribution is 6.08. The normalized spacial score (nSPS) is 13.3. The summed E-state index contributed by atoms with van der Waals surface area (Å²) < 4.78 is 5.10. The van der Waals surface area contributed by atoms with E-state index in [2.05, 4.69) is 15.1 Å². The van der Waals surface area contributed by atoms with Crippen LogP contribution in [0.15, 0.2) is 66.7 Å². The van der Waals surface area contributed by atoms with Crippen molar-refractivity contribution in [1.29, 1.82) is 0 Å². The highest BCUT2D eigenvalue weighted by Gasteiger charge is 2.21. The van der Waals surface area contributed by atoms with Crippen LogP contribution in [0, 0.1) is 0 Å². The fourth-order valence-electron chi connectivity index (χ4n) is 4.08. The Bertz CT molecular complexity index is 1230. The summed E-state index contributed by atoms with van der Waals surface area (Å²) >= 11 is 0. The van der Waals surface area contributed by atoms with Gasteiger partial charge in [0.1, 0.15) is 5.75 Å². The van der Waals surface area contributed by atoms with Gasteiger partial charge in [0, 0.05) is 48.7 Å². The van der Waals surface area contributed by atoms with Gasteiger partial charge in [-0.3, -0.25) is 9.59 Å². The molecule has 35 heavy (non-hydrogen) atoms. The molecule has 0 atom stereocenters. The molecule has 0 bridgehead atoms. The molecule has 1 saturated heterocycles. The summed E-state index contributed by atoms with van der Waals surface area (Å²) in [5.74, 6) is -0.835. The van der Waals surface area contributed by atoms with E-state index in [1.54, 1.807) is 50.4 Å². The van der Waals surface area contributed by atoms with Crippen molar-refractivity contribution in [2.45, 2.75) is 6.92 Å². The summed E-state index contributed by atoms with van der Waals surface area (Å²) in [6.45, 7) is 4.50. The number of carbonyl (C=O) groups is 3. The molecule has 1 aliphatic heterocycles. The standard InChI is InChI=1S/C27H27N3O5/c1-18(31)19-3-7-21(8-4-19)29-13-15-30(16-14-29)22-9-12-25(24(17-22)27(33)34)28-26(32)20-5-10-23(35-2)11-6-20/h3-12,17H,13-16H2,1-2H3,(H,28,32)(H,33,34). The van der Waals surface area contributed by atoms with E-state index in [1.165, 1.54) is 0 Å². The lowest BCUT2D eigenvalue weighted by Gasteiger charge is -2.37. The summed E-state index contributed by atoms with van der Waals surface area (Å²) in [5, 5.41) is 12.5. The fourth-order valence-corrected chi connectivity index (χ4v) is 4.08. The number of aromatic carboxylic acids is 1. The Balaban J connectivity index is 1.44. The first-order valence-electron chi connectivity index (χ1n) is 11.3. The molecule has 2 N–H and O–H groups in total. The van der Waals surface area contributed by atoms with Crippen molar-refractivity contribution in [3.05, 3.63) is 83.4 Å². The lowest BCUT2D eigenvalue weighted by molar-refractivity contribution is 0.0697. The lowest BCUT2D eigenvalue weighted by atomic mass is 10.1. The minimum absolute atomic E-state index is 0.0339. The molecule has 1 aliphatic rings. The van der Waals surface area contributed by atoms with Crippen molar-refractivity contribution >= 4 is 34.7 Å². The first-order chi connectivity index (χ1) is 16.9. The number of hydrogen-bond donors (Lipinski definition) is 2. The van der Waals surface area contributed by atoms with Gasteiger partial charge in [-0.25, -0.2) is 4.79 Å². The van der Waals surface area contributed by atoms with Crippen LogP contribution in [0.1, 0.15) is 38.0 Å². The smallest absolute Gasteiger partial charge is 0.337 e. The molecule has 180 valence electrons. The third kappa shape index (κ3) is 5.43. The van der Waals surface area contributed by atoms with Crippen LogP contribution >= 0.6 is 0 Å². The zero-order valence-corrected chi connectivity index (χ0v) is 19.7. The van der Waals surface area contributed by atoms with E-state index in [1.807, 2.05) is 30.3 Å². The predicted octanol–water partition coefficient (Wildman–Crippen LogP) is 4.17. The molecule has 0 radical (unpaired) electrons. The Morgan fingerprint density at radius 2 is 1.34 bits per heavy atom. The number of piperazine rings is 1. The zero-order valence-electron chi connectivity index (χ0n) is 19.7. The second-order valence-corrected chi connectivity index (χ2v) is 8.29. The van der Waals surface area contributed by atoms with Gasteiger partial charge in [0.2, 0.25) is 0 Å². The molecule has 0 spiro atoms. The van der Waals surface area contributed by atoms with Crippen molar-refractivity contribution < 1.29 is 24.2 Å². The van der Waals surface area contributed by atoms with Gasteiger partial charge in [0.25, 0.3) is 5.91 Å². The minimum Gasteiger partial charge on any atom is -0.497 e. The quantitative estimate of drug-likeness (QED) is 0.497. The lowest BCUT2D eigenvalue weighted by Crippen LogP contribution is -2.46. The van der Waals surface area contributed by atoms with E-state index in [-0.39, 0.29) is 17.0 Å². The van der Waals surface area contributed by atoms with Gasteiger partial charge in [-0.1, -0.05) is 0 Å². The Kier molecular flexibility index (Phi) is 7.01. The number of nitrogens with one attached hydrogen (secondary N) is 1. The predicted molar refractivity (Wildman–Crippen MR) is 135 cm³/mol. The van der Waals surface area contributed by atoms with Gasteiger partial charge < -0.3 is 25.0 Å². The highest BCUT2D eigenvalue weighted by Crippen LogP contribution is 2.26. The van der Waals surface area contributed by atoms with Crippen LogP contribution in [0.25, 0.3) is 0 Å². The van der Waals surface area contributed by atoms with E-state index < -0.39 is 11.9 Å². The topological polar surface area (TPSA) is 99.2 Å². The summed E-state index contributed by atoms with van der Waals surface area (Å²) in [6.07, 6.45) is 0. The van der Waals surface area contributed by atoms with Crippen molar-refractivity contribution in [3.63, 3.8) is 0 Å². The number of carbonyl (C=O) groups excluding carboxylic acids is 2. The Morgan fingerprint density at radius 1 is 0.800 bits per heavy atom. The van der Waals surface area contributed by atoms with Gasteiger partial charge in [-0.05, 0) is 73.7 Å². The van der Waals surface area contributed by atoms with Crippen molar-refractivity contribution in [2.24, 2.45) is 0 Å². The molecule has 1 heterocycles. The number of benzene rings is 3. The summed E-state index contributed by atoms with van der Waals surface area (Å²) in [6, 6.07) is 19.2. The second-order valence-electron chi connectivity index (χ2n) is 8.29.